The van der Waals surface area contributed by atoms with E-state index in [4.69, 9.17) is 14.2 Å². The highest BCUT2D eigenvalue weighted by atomic mass is 79.9. The average Bonchev–Trinajstić information content (AvgIpc) is 2.88. The van der Waals surface area contributed by atoms with Crippen molar-refractivity contribution in [3.05, 3.63) is 76.3 Å². The van der Waals surface area contributed by atoms with Crippen LogP contribution in [0.25, 0.3) is 0 Å². The van der Waals surface area contributed by atoms with E-state index in [-0.39, 0.29) is 10.6 Å². The summed E-state index contributed by atoms with van der Waals surface area (Å²) in [5.41, 5.74) is 4.17. The van der Waals surface area contributed by atoms with Gasteiger partial charge in [0.15, 0.2) is 11.5 Å². The fourth-order valence-electron chi connectivity index (χ4n) is 3.43. The molecule has 3 aromatic rings. The van der Waals surface area contributed by atoms with Gasteiger partial charge in [-0.3, -0.25) is 9.10 Å². The molecule has 196 valence electrons. The molecule has 9 nitrogen and oxygen atoms in total. The van der Waals surface area contributed by atoms with Gasteiger partial charge in [0, 0.05) is 0 Å². The van der Waals surface area contributed by atoms with E-state index in [0.717, 1.165) is 9.87 Å². The van der Waals surface area contributed by atoms with E-state index in [1.807, 2.05) is 6.92 Å². The molecule has 11 heteroatoms. The molecule has 0 fully saturated rings. The molecule has 3 rings (SSSR count). The van der Waals surface area contributed by atoms with Gasteiger partial charge in [0.1, 0.15) is 12.3 Å². The van der Waals surface area contributed by atoms with Crippen molar-refractivity contribution in [3.8, 4) is 17.2 Å². The highest BCUT2D eigenvalue weighted by Gasteiger charge is 2.29. The molecule has 0 heterocycles. The standard InChI is InChI=1S/C26H28BrN3O6S/c1-5-36-23-9-7-6-8-22(23)30(37(32,33)20-12-10-18(2)11-13-20)17-25(31)29-28-16-19-14-21(27)26(35-4)24(15-19)34-3/h6-16H,5,17H2,1-4H3,(H,29,31)/b28-16-. The van der Waals surface area contributed by atoms with E-state index < -0.39 is 22.5 Å². The number of para-hydroxylation sites is 2. The van der Waals surface area contributed by atoms with Crippen molar-refractivity contribution in [2.24, 2.45) is 5.10 Å². The Hall–Kier alpha value is -3.57. The van der Waals surface area contributed by atoms with Crippen molar-refractivity contribution in [1.29, 1.82) is 0 Å². The second kappa shape index (κ2) is 12.6. The first kappa shape index (κ1) is 28.0. The molecule has 0 spiro atoms. The van der Waals surface area contributed by atoms with Gasteiger partial charge in [-0.15, -0.1) is 0 Å². The van der Waals surface area contributed by atoms with Crippen LogP contribution < -0.4 is 23.9 Å². The third-order valence-corrected chi connectivity index (χ3v) is 7.55. The summed E-state index contributed by atoms with van der Waals surface area (Å²) in [5, 5.41) is 3.99. The van der Waals surface area contributed by atoms with Crippen molar-refractivity contribution >= 4 is 43.8 Å². The first-order valence-corrected chi connectivity index (χ1v) is 13.5. The number of anilines is 1. The van der Waals surface area contributed by atoms with E-state index in [2.05, 4.69) is 26.5 Å². The van der Waals surface area contributed by atoms with Crippen LogP contribution in [-0.4, -0.2) is 47.9 Å². The maximum Gasteiger partial charge on any atom is 0.264 e. The molecule has 0 aliphatic carbocycles. The molecule has 0 saturated carbocycles. The molecular formula is C26H28BrN3O6S. The van der Waals surface area contributed by atoms with Gasteiger partial charge in [0.25, 0.3) is 15.9 Å². The number of methoxy groups -OCH3 is 2. The monoisotopic (exact) mass is 589 g/mol. The third kappa shape index (κ3) is 6.80. The topological polar surface area (TPSA) is 107 Å². The number of carbonyl (C=O) groups is 1. The Morgan fingerprint density at radius 2 is 1.76 bits per heavy atom. The van der Waals surface area contributed by atoms with Crippen LogP contribution in [0.15, 0.2) is 75.1 Å². The van der Waals surface area contributed by atoms with Crippen LogP contribution in [0.5, 0.6) is 17.2 Å². The lowest BCUT2D eigenvalue weighted by Gasteiger charge is -2.25. The van der Waals surface area contributed by atoms with Crippen molar-refractivity contribution in [1.82, 2.24) is 5.43 Å². The van der Waals surface area contributed by atoms with Crippen LogP contribution in [0.4, 0.5) is 5.69 Å². The van der Waals surface area contributed by atoms with Crippen molar-refractivity contribution in [2.75, 3.05) is 31.7 Å². The van der Waals surface area contributed by atoms with Crippen LogP contribution >= 0.6 is 15.9 Å². The molecule has 0 unspecified atom stereocenters. The summed E-state index contributed by atoms with van der Waals surface area (Å²) in [5.74, 6) is 0.700. The second-order valence-corrected chi connectivity index (χ2v) is 10.5. The molecule has 37 heavy (non-hydrogen) atoms. The van der Waals surface area contributed by atoms with Gasteiger partial charge in [0.2, 0.25) is 0 Å². The lowest BCUT2D eigenvalue weighted by molar-refractivity contribution is -0.119. The van der Waals surface area contributed by atoms with E-state index >= 15 is 0 Å². The number of aryl methyl sites for hydroxylation is 1. The predicted octanol–water partition coefficient (Wildman–Crippen LogP) is 4.52. The average molecular weight is 590 g/mol. The minimum atomic E-state index is -4.10. The minimum Gasteiger partial charge on any atom is -0.493 e. The number of amides is 1. The first-order chi connectivity index (χ1) is 17.7. The largest absolute Gasteiger partial charge is 0.493 e. The van der Waals surface area contributed by atoms with Gasteiger partial charge in [-0.25, -0.2) is 13.8 Å². The maximum atomic E-state index is 13.6. The normalized spacial score (nSPS) is 11.3. The van der Waals surface area contributed by atoms with E-state index in [9.17, 15) is 13.2 Å². The number of nitrogens with zero attached hydrogens (tertiary/aromatic N) is 2. The van der Waals surface area contributed by atoms with Crippen LogP contribution in [0.3, 0.4) is 0 Å². The molecule has 1 N–H and O–H groups in total. The van der Waals surface area contributed by atoms with Crippen LogP contribution in [0.2, 0.25) is 0 Å². The number of halogens is 1. The Balaban J connectivity index is 1.89. The van der Waals surface area contributed by atoms with Crippen LogP contribution in [0.1, 0.15) is 18.1 Å². The number of sulfonamides is 1. The Kier molecular flexibility index (Phi) is 9.54. The van der Waals surface area contributed by atoms with Crippen LogP contribution in [0, 0.1) is 6.92 Å². The quantitative estimate of drug-likeness (QED) is 0.260. The number of hydrogen-bond acceptors (Lipinski definition) is 7. The van der Waals surface area contributed by atoms with Crippen molar-refractivity contribution in [2.45, 2.75) is 18.7 Å². The SMILES string of the molecule is CCOc1ccccc1N(CC(=O)N/N=C\c1cc(Br)c(OC)c(OC)c1)S(=O)(=O)c1ccc(C)cc1. The number of ether oxygens (including phenoxy) is 3. The summed E-state index contributed by atoms with van der Waals surface area (Å²) in [7, 11) is -1.07. The number of hydrazone groups is 1. The summed E-state index contributed by atoms with van der Waals surface area (Å²) >= 11 is 3.41. The lowest BCUT2D eigenvalue weighted by atomic mass is 10.2. The van der Waals surface area contributed by atoms with Crippen LogP contribution in [-0.2, 0) is 14.8 Å². The molecule has 0 radical (unpaired) electrons. The van der Waals surface area contributed by atoms with E-state index in [0.29, 0.717) is 33.9 Å². The zero-order valence-corrected chi connectivity index (χ0v) is 23.3. The van der Waals surface area contributed by atoms with Gasteiger partial charge in [0.05, 0.1) is 42.1 Å². The first-order valence-electron chi connectivity index (χ1n) is 11.3. The summed E-state index contributed by atoms with van der Waals surface area (Å²) in [6.45, 7) is 3.46. The fraction of sp³-hybridized carbons (Fsp3) is 0.231. The zero-order valence-electron chi connectivity index (χ0n) is 20.9. The van der Waals surface area contributed by atoms with E-state index in [1.54, 1.807) is 55.5 Å². The van der Waals surface area contributed by atoms with E-state index in [1.165, 1.54) is 32.6 Å². The van der Waals surface area contributed by atoms with Gasteiger partial charge in [-0.2, -0.15) is 5.10 Å². The maximum absolute atomic E-state index is 13.6. The van der Waals surface area contributed by atoms with Gasteiger partial charge < -0.3 is 14.2 Å². The van der Waals surface area contributed by atoms with Gasteiger partial charge in [-0.05, 0) is 71.7 Å². The molecule has 0 aliphatic heterocycles. The smallest absolute Gasteiger partial charge is 0.264 e. The number of nitrogens with one attached hydrogen (secondary N) is 1. The Bertz CT molecular complexity index is 1380. The number of hydrogen-bond donors (Lipinski definition) is 1. The molecule has 1 amide bonds. The number of carbonyl (C=O) groups excluding carboxylic acids is 1. The van der Waals surface area contributed by atoms with Crippen molar-refractivity contribution in [3.63, 3.8) is 0 Å². The molecule has 3 aromatic carbocycles. The third-order valence-electron chi connectivity index (χ3n) is 5.19. The summed E-state index contributed by atoms with van der Waals surface area (Å²) < 4.78 is 45.2. The molecule has 0 atom stereocenters. The summed E-state index contributed by atoms with van der Waals surface area (Å²) in [4.78, 5) is 12.9. The number of benzene rings is 3. The molecule has 0 saturated heterocycles. The Labute approximate surface area is 225 Å². The van der Waals surface area contributed by atoms with Gasteiger partial charge in [-0.1, -0.05) is 29.8 Å². The fourth-order valence-corrected chi connectivity index (χ4v) is 5.49. The summed E-state index contributed by atoms with van der Waals surface area (Å²) in [6, 6.07) is 16.5. The molecule has 0 aliphatic rings. The minimum absolute atomic E-state index is 0.0517. The number of rotatable bonds is 11. The molecule has 0 aromatic heterocycles. The molecular weight excluding hydrogens is 562 g/mol. The van der Waals surface area contributed by atoms with Gasteiger partial charge >= 0.3 is 0 Å². The second-order valence-electron chi connectivity index (χ2n) is 7.76. The van der Waals surface area contributed by atoms with Crippen molar-refractivity contribution < 1.29 is 27.4 Å². The zero-order chi connectivity index (χ0) is 27.0. The predicted molar refractivity (Wildman–Crippen MR) is 146 cm³/mol. The Morgan fingerprint density at radius 3 is 2.41 bits per heavy atom. The highest BCUT2D eigenvalue weighted by Crippen LogP contribution is 2.36. The summed E-state index contributed by atoms with van der Waals surface area (Å²) in [6.07, 6.45) is 1.41. The highest BCUT2D eigenvalue weighted by molar-refractivity contribution is 9.10. The Morgan fingerprint density at radius 1 is 1.05 bits per heavy atom. The lowest BCUT2D eigenvalue weighted by Crippen LogP contribution is -2.39. The molecule has 0 bridgehead atoms.